The summed E-state index contributed by atoms with van der Waals surface area (Å²) in [6.07, 6.45) is 5.97. The lowest BCUT2D eigenvalue weighted by Gasteiger charge is -2.46. The van der Waals surface area contributed by atoms with Crippen molar-refractivity contribution >= 4 is 5.91 Å². The number of hydrogen-bond donors (Lipinski definition) is 1. The molecule has 0 radical (unpaired) electrons. The summed E-state index contributed by atoms with van der Waals surface area (Å²) in [5, 5.41) is 3.20. The van der Waals surface area contributed by atoms with E-state index in [1.54, 1.807) is 7.11 Å². The molecule has 2 atom stereocenters. The molecule has 0 aromatic heterocycles. The van der Waals surface area contributed by atoms with Crippen molar-refractivity contribution < 1.29 is 14.3 Å². The highest BCUT2D eigenvalue weighted by Crippen LogP contribution is 2.44. The molecule has 1 aliphatic heterocycles. The minimum absolute atomic E-state index is 0.0104. The van der Waals surface area contributed by atoms with Crippen molar-refractivity contribution in [1.82, 2.24) is 5.32 Å². The smallest absolute Gasteiger partial charge is 0.223 e. The van der Waals surface area contributed by atoms with Gasteiger partial charge < -0.3 is 14.8 Å². The zero-order valence-corrected chi connectivity index (χ0v) is 13.9. The predicted octanol–water partition coefficient (Wildman–Crippen LogP) is 2.71. The lowest BCUT2D eigenvalue weighted by Crippen LogP contribution is -2.50. The third-order valence-electron chi connectivity index (χ3n) is 5.17. The molecule has 1 aromatic carbocycles. The fraction of sp³-hybridized carbons (Fsp3) is 0.632. The van der Waals surface area contributed by atoms with Crippen LogP contribution in [0.5, 0.6) is 0 Å². The first-order chi connectivity index (χ1) is 11.2. The summed E-state index contributed by atoms with van der Waals surface area (Å²) >= 11 is 0. The molecular formula is C19H27NO3. The molecule has 126 valence electrons. The second-order valence-corrected chi connectivity index (χ2v) is 6.93. The lowest BCUT2D eigenvalue weighted by atomic mass is 9.72. The van der Waals surface area contributed by atoms with Crippen LogP contribution >= 0.6 is 0 Å². The molecule has 1 aliphatic carbocycles. The number of benzene rings is 1. The van der Waals surface area contributed by atoms with Gasteiger partial charge in [0.15, 0.2) is 0 Å². The van der Waals surface area contributed by atoms with E-state index < -0.39 is 0 Å². The van der Waals surface area contributed by atoms with Crippen LogP contribution in [-0.4, -0.2) is 37.9 Å². The Kier molecular flexibility index (Phi) is 5.34. The maximum atomic E-state index is 12.7. The van der Waals surface area contributed by atoms with Gasteiger partial charge in [0.05, 0.1) is 18.2 Å². The van der Waals surface area contributed by atoms with Gasteiger partial charge in [-0.15, -0.1) is 0 Å². The van der Waals surface area contributed by atoms with E-state index in [9.17, 15) is 4.79 Å². The van der Waals surface area contributed by atoms with Crippen LogP contribution in [0.3, 0.4) is 0 Å². The van der Waals surface area contributed by atoms with Gasteiger partial charge in [0.2, 0.25) is 5.91 Å². The predicted molar refractivity (Wildman–Crippen MR) is 89.2 cm³/mol. The molecule has 1 amide bonds. The van der Waals surface area contributed by atoms with E-state index in [0.717, 1.165) is 32.1 Å². The molecule has 3 rings (SSSR count). The Bertz CT molecular complexity index is 513. The third-order valence-corrected chi connectivity index (χ3v) is 5.17. The topological polar surface area (TPSA) is 47.6 Å². The van der Waals surface area contributed by atoms with Gasteiger partial charge in [0.25, 0.3) is 0 Å². The van der Waals surface area contributed by atoms with E-state index in [1.165, 1.54) is 12.0 Å². The second-order valence-electron chi connectivity index (χ2n) is 6.93. The number of ether oxygens (including phenoxy) is 2. The van der Waals surface area contributed by atoms with Gasteiger partial charge in [-0.1, -0.05) is 30.3 Å². The summed E-state index contributed by atoms with van der Waals surface area (Å²) < 4.78 is 11.2. The second kappa shape index (κ2) is 7.45. The normalized spacial score (nSPS) is 24.0. The molecule has 1 saturated heterocycles. The van der Waals surface area contributed by atoms with Crippen molar-refractivity contribution in [2.24, 2.45) is 5.92 Å². The van der Waals surface area contributed by atoms with Gasteiger partial charge >= 0.3 is 0 Å². The van der Waals surface area contributed by atoms with Gasteiger partial charge in [0, 0.05) is 19.6 Å². The molecule has 1 aromatic rings. The van der Waals surface area contributed by atoms with E-state index in [2.05, 4.69) is 17.4 Å². The van der Waals surface area contributed by atoms with Crippen LogP contribution < -0.4 is 5.32 Å². The van der Waals surface area contributed by atoms with Crippen LogP contribution in [0.15, 0.2) is 30.3 Å². The van der Waals surface area contributed by atoms with E-state index in [1.807, 2.05) is 18.2 Å². The number of methoxy groups -OCH3 is 1. The SMILES string of the molecule is COCC(Cc1ccccc1)NC(=O)C1CCOC2(CCC2)C1. The average molecular weight is 317 g/mol. The van der Waals surface area contributed by atoms with Gasteiger partial charge in [-0.2, -0.15) is 0 Å². The molecule has 1 N–H and O–H groups in total. The monoisotopic (exact) mass is 317 g/mol. The van der Waals surface area contributed by atoms with Crippen molar-refractivity contribution in [3.05, 3.63) is 35.9 Å². The summed E-state index contributed by atoms with van der Waals surface area (Å²) in [6, 6.07) is 10.3. The summed E-state index contributed by atoms with van der Waals surface area (Å²) in [4.78, 5) is 12.7. The number of carbonyl (C=O) groups is 1. The first-order valence-corrected chi connectivity index (χ1v) is 8.68. The Hall–Kier alpha value is -1.39. The van der Waals surface area contributed by atoms with E-state index in [4.69, 9.17) is 9.47 Å². The minimum Gasteiger partial charge on any atom is -0.383 e. The van der Waals surface area contributed by atoms with Crippen LogP contribution in [0, 0.1) is 5.92 Å². The molecule has 2 fully saturated rings. The highest BCUT2D eigenvalue weighted by Gasteiger charge is 2.44. The minimum atomic E-state index is 0.0104. The molecule has 2 aliphatic rings. The average Bonchev–Trinajstić information content (AvgIpc) is 2.54. The Labute approximate surface area is 138 Å². The van der Waals surface area contributed by atoms with Gasteiger partial charge in [-0.05, 0) is 44.1 Å². The van der Waals surface area contributed by atoms with Crippen LogP contribution in [0.4, 0.5) is 0 Å². The van der Waals surface area contributed by atoms with E-state index in [0.29, 0.717) is 13.2 Å². The maximum absolute atomic E-state index is 12.7. The Morgan fingerprint density at radius 1 is 1.39 bits per heavy atom. The molecule has 1 spiro atoms. The largest absolute Gasteiger partial charge is 0.383 e. The van der Waals surface area contributed by atoms with Crippen molar-refractivity contribution in [1.29, 1.82) is 0 Å². The third kappa shape index (κ3) is 4.12. The zero-order valence-electron chi connectivity index (χ0n) is 13.9. The first kappa shape index (κ1) is 16.5. The van der Waals surface area contributed by atoms with Crippen molar-refractivity contribution in [2.75, 3.05) is 20.3 Å². The molecular weight excluding hydrogens is 290 g/mol. The first-order valence-electron chi connectivity index (χ1n) is 8.68. The summed E-state index contributed by atoms with van der Waals surface area (Å²) in [6.45, 7) is 1.25. The highest BCUT2D eigenvalue weighted by atomic mass is 16.5. The molecule has 23 heavy (non-hydrogen) atoms. The van der Waals surface area contributed by atoms with Gasteiger partial charge in [-0.25, -0.2) is 0 Å². The van der Waals surface area contributed by atoms with E-state index in [-0.39, 0.29) is 23.5 Å². The van der Waals surface area contributed by atoms with Gasteiger partial charge in [0.1, 0.15) is 0 Å². The molecule has 1 saturated carbocycles. The molecule has 2 unspecified atom stereocenters. The Morgan fingerprint density at radius 2 is 2.17 bits per heavy atom. The van der Waals surface area contributed by atoms with Crippen LogP contribution in [0.1, 0.15) is 37.7 Å². The van der Waals surface area contributed by atoms with Crippen molar-refractivity contribution in [2.45, 2.75) is 50.2 Å². The van der Waals surface area contributed by atoms with E-state index >= 15 is 0 Å². The fourth-order valence-electron chi connectivity index (χ4n) is 3.74. The molecule has 4 heteroatoms. The Balaban J connectivity index is 1.57. The summed E-state index contributed by atoms with van der Waals surface area (Å²) in [7, 11) is 1.68. The maximum Gasteiger partial charge on any atom is 0.223 e. The fourth-order valence-corrected chi connectivity index (χ4v) is 3.74. The number of nitrogens with one attached hydrogen (secondary N) is 1. The van der Waals surface area contributed by atoms with Crippen molar-refractivity contribution in [3.8, 4) is 0 Å². The van der Waals surface area contributed by atoms with Crippen LogP contribution in [0.2, 0.25) is 0 Å². The zero-order chi connectivity index (χ0) is 16.1. The van der Waals surface area contributed by atoms with Crippen molar-refractivity contribution in [3.63, 3.8) is 0 Å². The number of amides is 1. The number of rotatable bonds is 6. The van der Waals surface area contributed by atoms with Crippen LogP contribution in [0.25, 0.3) is 0 Å². The molecule has 4 nitrogen and oxygen atoms in total. The Morgan fingerprint density at radius 3 is 2.83 bits per heavy atom. The van der Waals surface area contributed by atoms with Gasteiger partial charge in [-0.3, -0.25) is 4.79 Å². The van der Waals surface area contributed by atoms with Crippen LogP contribution in [-0.2, 0) is 20.7 Å². The number of carbonyl (C=O) groups excluding carboxylic acids is 1. The lowest BCUT2D eigenvalue weighted by molar-refractivity contribution is -0.157. The summed E-state index contributed by atoms with van der Waals surface area (Å²) in [5.41, 5.74) is 1.23. The quantitative estimate of drug-likeness (QED) is 0.877. The molecule has 0 bridgehead atoms. The standard InChI is InChI=1S/C19H27NO3/c1-22-14-17(12-15-6-3-2-4-7-15)20-18(21)16-8-11-23-19(13-16)9-5-10-19/h2-4,6-7,16-17H,5,8-14H2,1H3,(H,20,21). The summed E-state index contributed by atoms with van der Waals surface area (Å²) in [5.74, 6) is 0.247. The number of hydrogen-bond acceptors (Lipinski definition) is 3. The molecule has 1 heterocycles. The highest BCUT2D eigenvalue weighted by molar-refractivity contribution is 5.79.